The molecule has 0 spiro atoms. The Morgan fingerprint density at radius 2 is 1.79 bits per heavy atom. The average molecular weight is 196 g/mol. The number of hydrogen-bond acceptors (Lipinski definition) is 2. The minimum Gasteiger partial charge on any atom is -0.329 e. The first-order valence-corrected chi connectivity index (χ1v) is 6.22. The highest BCUT2D eigenvalue weighted by atomic mass is 15.2. The van der Waals surface area contributed by atoms with Gasteiger partial charge in [-0.25, -0.2) is 0 Å². The van der Waals surface area contributed by atoms with Crippen LogP contribution in [0.15, 0.2) is 0 Å². The van der Waals surface area contributed by atoms with Crippen molar-refractivity contribution in [2.45, 2.75) is 51.0 Å². The van der Waals surface area contributed by atoms with Crippen LogP contribution in [0.4, 0.5) is 0 Å². The molecule has 1 heterocycles. The SMILES string of the molecule is CC(CN)(C1CCCCC1)N1CCC1. The van der Waals surface area contributed by atoms with E-state index in [2.05, 4.69) is 11.8 Å². The van der Waals surface area contributed by atoms with Crippen LogP contribution in [-0.2, 0) is 0 Å². The minimum absolute atomic E-state index is 0.318. The molecular weight excluding hydrogens is 172 g/mol. The summed E-state index contributed by atoms with van der Waals surface area (Å²) in [5.74, 6) is 0.863. The molecule has 2 N–H and O–H groups in total. The van der Waals surface area contributed by atoms with E-state index in [-0.39, 0.29) is 0 Å². The van der Waals surface area contributed by atoms with Gasteiger partial charge in [0.2, 0.25) is 0 Å². The maximum absolute atomic E-state index is 6.01. The van der Waals surface area contributed by atoms with Gasteiger partial charge < -0.3 is 5.73 Å². The lowest BCUT2D eigenvalue weighted by atomic mass is 9.73. The standard InChI is InChI=1S/C12H24N2/c1-12(10-13,14-8-5-9-14)11-6-3-2-4-7-11/h11H,2-10,13H2,1H3. The number of rotatable bonds is 3. The van der Waals surface area contributed by atoms with Crippen molar-refractivity contribution in [2.75, 3.05) is 19.6 Å². The van der Waals surface area contributed by atoms with Crippen molar-refractivity contribution < 1.29 is 0 Å². The molecule has 1 saturated carbocycles. The van der Waals surface area contributed by atoms with Crippen LogP contribution in [0.2, 0.25) is 0 Å². The van der Waals surface area contributed by atoms with Gasteiger partial charge in [0.05, 0.1) is 0 Å². The summed E-state index contributed by atoms with van der Waals surface area (Å²) in [7, 11) is 0. The topological polar surface area (TPSA) is 29.3 Å². The summed E-state index contributed by atoms with van der Waals surface area (Å²) in [6, 6.07) is 0. The second-order valence-corrected chi connectivity index (χ2v) is 5.24. The molecule has 1 unspecified atom stereocenters. The van der Waals surface area contributed by atoms with Crippen LogP contribution in [0.5, 0.6) is 0 Å². The molecular formula is C12H24N2. The van der Waals surface area contributed by atoms with E-state index in [9.17, 15) is 0 Å². The van der Waals surface area contributed by atoms with Crippen LogP contribution in [0.25, 0.3) is 0 Å². The van der Waals surface area contributed by atoms with Gasteiger partial charge in [0.25, 0.3) is 0 Å². The first kappa shape index (κ1) is 10.4. The van der Waals surface area contributed by atoms with E-state index >= 15 is 0 Å². The van der Waals surface area contributed by atoms with E-state index in [1.807, 2.05) is 0 Å². The lowest BCUT2D eigenvalue weighted by Crippen LogP contribution is -2.61. The van der Waals surface area contributed by atoms with E-state index in [0.29, 0.717) is 5.54 Å². The molecule has 0 radical (unpaired) electrons. The third kappa shape index (κ3) is 1.70. The van der Waals surface area contributed by atoms with E-state index in [4.69, 9.17) is 5.73 Å². The third-order valence-corrected chi connectivity index (χ3v) is 4.48. The molecule has 0 amide bonds. The van der Waals surface area contributed by atoms with E-state index in [1.54, 1.807) is 0 Å². The van der Waals surface area contributed by atoms with E-state index in [1.165, 1.54) is 51.6 Å². The zero-order chi connectivity index (χ0) is 10.0. The van der Waals surface area contributed by atoms with Crippen molar-refractivity contribution in [1.82, 2.24) is 4.90 Å². The Kier molecular flexibility index (Phi) is 3.13. The highest BCUT2D eigenvalue weighted by Crippen LogP contribution is 2.37. The van der Waals surface area contributed by atoms with Gasteiger partial charge in [-0.1, -0.05) is 19.3 Å². The zero-order valence-electron chi connectivity index (χ0n) is 9.47. The lowest BCUT2D eigenvalue weighted by Gasteiger charge is -2.51. The Morgan fingerprint density at radius 3 is 2.21 bits per heavy atom. The number of nitrogens with zero attached hydrogens (tertiary/aromatic N) is 1. The summed E-state index contributed by atoms with van der Waals surface area (Å²) in [6.45, 7) is 5.80. The predicted molar refractivity (Wildman–Crippen MR) is 60.2 cm³/mol. The van der Waals surface area contributed by atoms with Crippen LogP contribution in [0.3, 0.4) is 0 Å². The second-order valence-electron chi connectivity index (χ2n) is 5.24. The highest BCUT2D eigenvalue weighted by Gasteiger charge is 2.40. The zero-order valence-corrected chi connectivity index (χ0v) is 9.47. The minimum atomic E-state index is 0.318. The number of nitrogens with two attached hydrogens (primary N) is 1. The van der Waals surface area contributed by atoms with Gasteiger partial charge in [-0.05, 0) is 45.2 Å². The molecule has 0 aromatic rings. The third-order valence-electron chi connectivity index (χ3n) is 4.48. The van der Waals surface area contributed by atoms with Crippen molar-refractivity contribution in [2.24, 2.45) is 11.7 Å². The predicted octanol–water partition coefficient (Wildman–Crippen LogP) is 1.99. The maximum Gasteiger partial charge on any atom is 0.0331 e. The summed E-state index contributed by atoms with van der Waals surface area (Å²) in [5, 5.41) is 0. The molecule has 0 aromatic carbocycles. The molecule has 1 aliphatic carbocycles. The Labute approximate surface area is 87.8 Å². The van der Waals surface area contributed by atoms with Crippen LogP contribution in [0, 0.1) is 5.92 Å². The Morgan fingerprint density at radius 1 is 1.14 bits per heavy atom. The van der Waals surface area contributed by atoms with Crippen LogP contribution in [-0.4, -0.2) is 30.1 Å². The fraction of sp³-hybridized carbons (Fsp3) is 1.00. The van der Waals surface area contributed by atoms with Crippen molar-refractivity contribution in [3.05, 3.63) is 0 Å². The van der Waals surface area contributed by atoms with Crippen LogP contribution < -0.4 is 5.73 Å². The van der Waals surface area contributed by atoms with E-state index in [0.717, 1.165) is 12.5 Å². The average Bonchev–Trinajstić information content (AvgIpc) is 2.16. The van der Waals surface area contributed by atoms with Crippen molar-refractivity contribution in [3.8, 4) is 0 Å². The molecule has 14 heavy (non-hydrogen) atoms. The normalized spacial score (nSPS) is 29.6. The van der Waals surface area contributed by atoms with Gasteiger partial charge in [-0.15, -0.1) is 0 Å². The maximum atomic E-state index is 6.01. The van der Waals surface area contributed by atoms with Gasteiger partial charge in [0.1, 0.15) is 0 Å². The fourth-order valence-electron chi connectivity index (χ4n) is 3.11. The molecule has 1 saturated heterocycles. The molecule has 2 fully saturated rings. The van der Waals surface area contributed by atoms with Gasteiger partial charge >= 0.3 is 0 Å². The van der Waals surface area contributed by atoms with Crippen molar-refractivity contribution >= 4 is 0 Å². The summed E-state index contributed by atoms with van der Waals surface area (Å²) >= 11 is 0. The molecule has 1 atom stereocenters. The highest BCUT2D eigenvalue weighted by molar-refractivity contribution is 4.97. The number of hydrogen-bond donors (Lipinski definition) is 1. The lowest BCUT2D eigenvalue weighted by molar-refractivity contribution is -0.00850. The van der Waals surface area contributed by atoms with Crippen molar-refractivity contribution in [1.29, 1.82) is 0 Å². The van der Waals surface area contributed by atoms with Gasteiger partial charge in [-0.2, -0.15) is 0 Å². The molecule has 2 aliphatic rings. The Hall–Kier alpha value is -0.0800. The fourth-order valence-corrected chi connectivity index (χ4v) is 3.11. The quantitative estimate of drug-likeness (QED) is 0.748. The molecule has 2 heteroatoms. The van der Waals surface area contributed by atoms with Crippen LogP contribution >= 0.6 is 0 Å². The molecule has 0 bridgehead atoms. The van der Waals surface area contributed by atoms with Gasteiger partial charge in [0, 0.05) is 12.1 Å². The first-order valence-electron chi connectivity index (χ1n) is 6.22. The summed E-state index contributed by atoms with van der Waals surface area (Å²) in [4.78, 5) is 2.61. The van der Waals surface area contributed by atoms with Gasteiger partial charge in [-0.3, -0.25) is 4.90 Å². The second kappa shape index (κ2) is 4.19. The summed E-state index contributed by atoms with van der Waals surface area (Å²) in [6.07, 6.45) is 8.48. The molecule has 2 nitrogen and oxygen atoms in total. The molecule has 1 aliphatic heterocycles. The first-order chi connectivity index (χ1) is 6.77. The monoisotopic (exact) mass is 196 g/mol. The van der Waals surface area contributed by atoms with Crippen molar-refractivity contribution in [3.63, 3.8) is 0 Å². The summed E-state index contributed by atoms with van der Waals surface area (Å²) in [5.41, 5.74) is 6.32. The largest absolute Gasteiger partial charge is 0.329 e. The Balaban J connectivity index is 2.01. The summed E-state index contributed by atoms with van der Waals surface area (Å²) < 4.78 is 0. The van der Waals surface area contributed by atoms with Crippen LogP contribution in [0.1, 0.15) is 45.4 Å². The molecule has 82 valence electrons. The molecule has 0 aromatic heterocycles. The number of likely N-dealkylation sites (tertiary alicyclic amines) is 1. The molecule has 2 rings (SSSR count). The van der Waals surface area contributed by atoms with Gasteiger partial charge in [0.15, 0.2) is 0 Å². The Bertz CT molecular complexity index is 183. The van der Waals surface area contributed by atoms with E-state index < -0.39 is 0 Å². The smallest absolute Gasteiger partial charge is 0.0331 e.